The second kappa shape index (κ2) is 40.2. The van der Waals surface area contributed by atoms with Crippen molar-refractivity contribution in [3.8, 4) is 0 Å². The van der Waals surface area contributed by atoms with Gasteiger partial charge in [-0.05, 0) is 27.2 Å². The van der Waals surface area contributed by atoms with E-state index >= 15 is 0 Å². The van der Waals surface area contributed by atoms with E-state index in [4.69, 9.17) is 75.8 Å². The Hall–Kier alpha value is -6.37. The first-order valence-corrected chi connectivity index (χ1v) is 21.2. The molecule has 0 saturated carbocycles. The minimum absolute atomic E-state index is 0.00518. The molecular weight excluding hydrogens is 896 g/mol. The molecule has 0 heterocycles. The van der Waals surface area contributed by atoms with Gasteiger partial charge in [0.05, 0.1) is 118 Å². The molecule has 26 heteroatoms. The lowest BCUT2D eigenvalue weighted by atomic mass is 9.91. The molecule has 0 aliphatic rings. The Morgan fingerprint density at radius 3 is 0.561 bits per heavy atom. The second-order valence-electron chi connectivity index (χ2n) is 13.4. The molecule has 0 aliphatic carbocycles. The van der Waals surface area contributed by atoms with Crippen LogP contribution >= 0.6 is 0 Å². The van der Waals surface area contributed by atoms with Crippen LogP contribution in [0.15, 0.2) is 0 Å². The van der Waals surface area contributed by atoms with Gasteiger partial charge in [-0.1, -0.05) is 6.92 Å². The van der Waals surface area contributed by atoms with Gasteiger partial charge >= 0.3 is 55.2 Å². The molecule has 0 radical (unpaired) electrons. The van der Waals surface area contributed by atoms with Crippen LogP contribution < -0.4 is 0 Å². The van der Waals surface area contributed by atoms with Crippen LogP contribution in [0.3, 0.4) is 0 Å². The molecule has 0 aromatic rings. The molecule has 0 rings (SSSR count). The zero-order valence-electron chi connectivity index (χ0n) is 38.0. The van der Waals surface area contributed by atoms with Gasteiger partial charge in [-0.25, -0.2) is 38.4 Å². The van der Waals surface area contributed by atoms with Crippen LogP contribution in [-0.4, -0.2) is 168 Å². The molecule has 0 spiro atoms. The lowest BCUT2D eigenvalue weighted by molar-refractivity contribution is -0.154. The topological polar surface area (TPSA) is 311 Å². The molecular formula is C40H64O26. The fourth-order valence-electron chi connectivity index (χ4n) is 3.76. The van der Waals surface area contributed by atoms with E-state index in [1.165, 1.54) is 0 Å². The van der Waals surface area contributed by atoms with Gasteiger partial charge in [-0.15, -0.1) is 0 Å². The number of carbonyl (C=O) groups excluding carboxylic acids is 9. The van der Waals surface area contributed by atoms with Gasteiger partial charge in [0.25, 0.3) is 0 Å². The number of esters is 1. The second-order valence-corrected chi connectivity index (χ2v) is 13.4. The van der Waals surface area contributed by atoms with Crippen molar-refractivity contribution in [2.45, 2.75) is 85.5 Å². The fraction of sp³-hybridized carbons (Fsp3) is 0.775. The highest BCUT2D eigenvalue weighted by atomic mass is 16.8. The minimum Gasteiger partial charge on any atom is -0.465 e. The summed E-state index contributed by atoms with van der Waals surface area (Å²) in [7, 11) is 0. The Bertz CT molecular complexity index is 1400. The summed E-state index contributed by atoms with van der Waals surface area (Å²) in [5, 5.41) is 0. The summed E-state index contributed by atoms with van der Waals surface area (Å²) >= 11 is 0. The zero-order valence-corrected chi connectivity index (χ0v) is 38.0. The average Bonchev–Trinajstić information content (AvgIpc) is 3.28. The van der Waals surface area contributed by atoms with Crippen molar-refractivity contribution in [3.63, 3.8) is 0 Å². The van der Waals surface area contributed by atoms with Gasteiger partial charge in [0.15, 0.2) is 0 Å². The van der Waals surface area contributed by atoms with Crippen LogP contribution in [0.5, 0.6) is 0 Å². The number of carbonyl (C=O) groups is 9. The highest BCUT2D eigenvalue weighted by Gasteiger charge is 2.26. The standard InChI is InChI=1S/C40H64O26/c1-5-40(3,4)31(41)51-15-7-16-53-33(43)55-19-9-20-57-35(45)59-23-11-24-61-37(47)63-27-13-28-65-39(49)66-30-14-29-64-38(48)62-26-12-25-60-36(46)58-22-10-21-56-34(44)54-18-8-17-52-32(42)50-6-2/h5-30H2,1-4H3. The smallest absolute Gasteiger partial charge is 0.465 e. The largest absolute Gasteiger partial charge is 0.508 e. The molecule has 380 valence electrons. The Labute approximate surface area is 381 Å². The lowest BCUT2D eigenvalue weighted by Crippen LogP contribution is -2.26. The monoisotopic (exact) mass is 960 g/mol. The normalized spacial score (nSPS) is 10.4. The maximum Gasteiger partial charge on any atom is 0.508 e. The lowest BCUT2D eigenvalue weighted by Gasteiger charge is -2.20. The van der Waals surface area contributed by atoms with E-state index in [1.54, 1.807) is 20.8 Å². The minimum atomic E-state index is -0.993. The molecule has 26 nitrogen and oxygen atoms in total. The summed E-state index contributed by atoms with van der Waals surface area (Å²) in [5.74, 6) is -0.325. The van der Waals surface area contributed by atoms with Crippen molar-refractivity contribution >= 4 is 55.2 Å². The van der Waals surface area contributed by atoms with Crippen LogP contribution in [-0.2, 0) is 85.3 Å². The first kappa shape index (κ1) is 59.6. The third-order valence-electron chi connectivity index (χ3n) is 7.54. The molecule has 0 aromatic heterocycles. The summed E-state index contributed by atoms with van der Waals surface area (Å²) < 4.78 is 82.0. The SMILES string of the molecule is CCOC(=O)OCCCOC(=O)OCCCOC(=O)OCCCOC(=O)OCCCOC(=O)OCCCOC(=O)OCCCOC(=O)OCCCOC(=O)OCCCOC(=O)C(C)(C)CC. The van der Waals surface area contributed by atoms with Crippen molar-refractivity contribution in [2.75, 3.05) is 112 Å². The summed E-state index contributed by atoms with van der Waals surface area (Å²) in [5.41, 5.74) is -0.579. The van der Waals surface area contributed by atoms with Gasteiger partial charge in [-0.3, -0.25) is 4.79 Å². The van der Waals surface area contributed by atoms with Crippen molar-refractivity contribution < 1.29 is 124 Å². The predicted octanol–water partition coefficient (Wildman–Crippen LogP) is 6.33. The molecule has 0 saturated heterocycles. The van der Waals surface area contributed by atoms with E-state index in [2.05, 4.69) is 4.74 Å². The molecule has 66 heavy (non-hydrogen) atoms. The average molecular weight is 961 g/mol. The Kier molecular flexibility index (Phi) is 36.3. The third kappa shape index (κ3) is 38.1. The number of hydrogen-bond acceptors (Lipinski definition) is 26. The molecule has 0 bridgehead atoms. The molecule has 0 amide bonds. The van der Waals surface area contributed by atoms with Crippen LogP contribution in [0.1, 0.15) is 85.5 Å². The summed E-state index contributed by atoms with van der Waals surface area (Å²) in [4.78, 5) is 104. The Morgan fingerprint density at radius 2 is 0.409 bits per heavy atom. The van der Waals surface area contributed by atoms with Crippen molar-refractivity contribution in [2.24, 2.45) is 5.41 Å². The zero-order chi connectivity index (χ0) is 49.1. The van der Waals surface area contributed by atoms with E-state index in [0.29, 0.717) is 12.8 Å². The van der Waals surface area contributed by atoms with Gasteiger partial charge < -0.3 is 80.5 Å². The molecule has 0 unspecified atom stereocenters. The molecule has 0 N–H and O–H groups in total. The van der Waals surface area contributed by atoms with Crippen molar-refractivity contribution in [1.82, 2.24) is 0 Å². The van der Waals surface area contributed by atoms with E-state index in [1.807, 2.05) is 6.92 Å². The first-order valence-electron chi connectivity index (χ1n) is 21.2. The number of ether oxygens (including phenoxy) is 17. The molecule has 0 atom stereocenters. The third-order valence-corrected chi connectivity index (χ3v) is 7.54. The maximum absolute atomic E-state index is 11.9. The van der Waals surface area contributed by atoms with E-state index in [0.717, 1.165) is 0 Å². The van der Waals surface area contributed by atoms with Gasteiger partial charge in [0, 0.05) is 51.4 Å². The maximum atomic E-state index is 11.9. The Balaban J connectivity index is 3.58. The predicted molar refractivity (Wildman–Crippen MR) is 216 cm³/mol. The molecule has 0 fully saturated rings. The van der Waals surface area contributed by atoms with E-state index in [-0.39, 0.29) is 163 Å². The number of hydrogen-bond donors (Lipinski definition) is 0. The van der Waals surface area contributed by atoms with Gasteiger partial charge in [0.2, 0.25) is 0 Å². The summed E-state index contributed by atoms with van der Waals surface area (Å²) in [6.45, 7) is 6.00. The first-order chi connectivity index (χ1) is 31.7. The van der Waals surface area contributed by atoms with Crippen LogP contribution in [0.4, 0.5) is 38.4 Å². The van der Waals surface area contributed by atoms with E-state index in [9.17, 15) is 43.2 Å². The van der Waals surface area contributed by atoms with Crippen molar-refractivity contribution in [1.29, 1.82) is 0 Å². The highest BCUT2D eigenvalue weighted by Crippen LogP contribution is 2.21. The van der Waals surface area contributed by atoms with Crippen molar-refractivity contribution in [3.05, 3.63) is 0 Å². The van der Waals surface area contributed by atoms with Gasteiger partial charge in [-0.2, -0.15) is 0 Å². The summed E-state index contributed by atoms with van der Waals surface area (Å²) in [6, 6.07) is 0. The highest BCUT2D eigenvalue weighted by molar-refractivity contribution is 5.75. The molecule has 0 aromatic carbocycles. The number of rotatable bonds is 35. The van der Waals surface area contributed by atoms with Crippen LogP contribution in [0, 0.1) is 5.41 Å². The quantitative estimate of drug-likeness (QED) is 0.0380. The van der Waals surface area contributed by atoms with E-state index < -0.39 is 54.7 Å². The Morgan fingerprint density at radius 1 is 0.258 bits per heavy atom. The molecule has 0 aliphatic heterocycles. The van der Waals surface area contributed by atoms with Gasteiger partial charge in [0.1, 0.15) is 0 Å². The van der Waals surface area contributed by atoms with Crippen LogP contribution in [0.25, 0.3) is 0 Å². The fourth-order valence-corrected chi connectivity index (χ4v) is 3.76. The summed E-state index contributed by atoms with van der Waals surface area (Å²) in [6.07, 6.45) is -5.44. The van der Waals surface area contributed by atoms with Crippen LogP contribution in [0.2, 0.25) is 0 Å².